The van der Waals surface area contributed by atoms with Gasteiger partial charge in [0.15, 0.2) is 0 Å². The SMILES string of the molecule is COc1cccc(F)c1-c1ccc(CN)cc1. The van der Waals surface area contributed by atoms with Gasteiger partial charge < -0.3 is 10.5 Å². The summed E-state index contributed by atoms with van der Waals surface area (Å²) in [4.78, 5) is 0. The molecular formula is C14H14FNO. The molecule has 0 saturated heterocycles. The van der Waals surface area contributed by atoms with Crippen molar-refractivity contribution in [1.29, 1.82) is 0 Å². The van der Waals surface area contributed by atoms with Gasteiger partial charge in [0, 0.05) is 6.54 Å². The van der Waals surface area contributed by atoms with Crippen molar-refractivity contribution in [3.63, 3.8) is 0 Å². The highest BCUT2D eigenvalue weighted by Gasteiger charge is 2.10. The van der Waals surface area contributed by atoms with Crippen LogP contribution in [0.1, 0.15) is 5.56 Å². The number of hydrogen-bond donors (Lipinski definition) is 1. The van der Waals surface area contributed by atoms with Crippen LogP contribution in [0.2, 0.25) is 0 Å². The molecule has 0 aliphatic rings. The van der Waals surface area contributed by atoms with E-state index in [1.165, 1.54) is 13.2 Å². The second-order valence-electron chi connectivity index (χ2n) is 3.72. The van der Waals surface area contributed by atoms with Crippen LogP contribution in [0.25, 0.3) is 11.1 Å². The summed E-state index contributed by atoms with van der Waals surface area (Å²) in [5.74, 6) is 0.246. The largest absolute Gasteiger partial charge is 0.496 e. The molecule has 17 heavy (non-hydrogen) atoms. The van der Waals surface area contributed by atoms with Gasteiger partial charge >= 0.3 is 0 Å². The number of benzene rings is 2. The number of nitrogens with two attached hydrogens (primary N) is 1. The van der Waals surface area contributed by atoms with Gasteiger partial charge in [-0.2, -0.15) is 0 Å². The van der Waals surface area contributed by atoms with E-state index in [-0.39, 0.29) is 5.82 Å². The molecule has 0 saturated carbocycles. The highest BCUT2D eigenvalue weighted by Crippen LogP contribution is 2.32. The van der Waals surface area contributed by atoms with Crippen molar-refractivity contribution in [3.05, 3.63) is 53.8 Å². The average Bonchev–Trinajstić information content (AvgIpc) is 2.38. The molecule has 0 aromatic heterocycles. The summed E-state index contributed by atoms with van der Waals surface area (Å²) in [6.45, 7) is 0.481. The first-order valence-corrected chi connectivity index (χ1v) is 5.38. The molecule has 2 nitrogen and oxygen atoms in total. The molecule has 0 fully saturated rings. The molecule has 0 spiro atoms. The molecule has 3 heteroatoms. The van der Waals surface area contributed by atoms with E-state index < -0.39 is 0 Å². The van der Waals surface area contributed by atoms with Gasteiger partial charge in [0.25, 0.3) is 0 Å². The van der Waals surface area contributed by atoms with E-state index in [1.807, 2.05) is 24.3 Å². The van der Waals surface area contributed by atoms with E-state index in [2.05, 4.69) is 0 Å². The standard InChI is InChI=1S/C14H14FNO/c1-17-13-4-2-3-12(15)14(13)11-7-5-10(9-16)6-8-11/h2-8H,9,16H2,1H3. The van der Waals surface area contributed by atoms with Crippen molar-refractivity contribution >= 4 is 0 Å². The summed E-state index contributed by atoms with van der Waals surface area (Å²) in [7, 11) is 1.53. The Bertz CT molecular complexity index is 508. The van der Waals surface area contributed by atoms with Gasteiger partial charge in [-0.1, -0.05) is 30.3 Å². The van der Waals surface area contributed by atoms with E-state index in [0.29, 0.717) is 17.9 Å². The van der Waals surface area contributed by atoms with Crippen LogP contribution in [0.5, 0.6) is 5.75 Å². The lowest BCUT2D eigenvalue weighted by molar-refractivity contribution is 0.413. The van der Waals surface area contributed by atoms with E-state index in [0.717, 1.165) is 11.1 Å². The molecule has 0 aliphatic heterocycles. The maximum absolute atomic E-state index is 13.8. The molecule has 2 aromatic rings. The van der Waals surface area contributed by atoms with E-state index in [9.17, 15) is 4.39 Å². The average molecular weight is 231 g/mol. The smallest absolute Gasteiger partial charge is 0.134 e. The molecule has 0 aliphatic carbocycles. The number of ether oxygens (including phenoxy) is 1. The van der Waals surface area contributed by atoms with Gasteiger partial charge in [-0.3, -0.25) is 0 Å². The van der Waals surface area contributed by atoms with Crippen LogP contribution in [0.3, 0.4) is 0 Å². The molecule has 0 heterocycles. The highest BCUT2D eigenvalue weighted by molar-refractivity contribution is 5.71. The van der Waals surface area contributed by atoms with Crippen LogP contribution in [0.15, 0.2) is 42.5 Å². The van der Waals surface area contributed by atoms with Gasteiger partial charge in [0.1, 0.15) is 11.6 Å². The van der Waals surface area contributed by atoms with E-state index in [1.54, 1.807) is 12.1 Å². The summed E-state index contributed by atoms with van der Waals surface area (Å²) in [5, 5.41) is 0. The quantitative estimate of drug-likeness (QED) is 0.881. The van der Waals surface area contributed by atoms with Gasteiger partial charge in [-0.05, 0) is 23.3 Å². The number of hydrogen-bond acceptors (Lipinski definition) is 2. The van der Waals surface area contributed by atoms with Gasteiger partial charge in [-0.25, -0.2) is 4.39 Å². The zero-order chi connectivity index (χ0) is 12.3. The first-order valence-electron chi connectivity index (χ1n) is 5.38. The Labute approximate surface area is 99.8 Å². The van der Waals surface area contributed by atoms with Crippen molar-refractivity contribution < 1.29 is 9.13 Å². The summed E-state index contributed by atoms with van der Waals surface area (Å²) in [6.07, 6.45) is 0. The molecule has 0 unspecified atom stereocenters. The Morgan fingerprint density at radius 2 is 1.82 bits per heavy atom. The Kier molecular flexibility index (Phi) is 3.40. The monoisotopic (exact) mass is 231 g/mol. The molecule has 0 amide bonds. The van der Waals surface area contributed by atoms with E-state index in [4.69, 9.17) is 10.5 Å². The number of methoxy groups -OCH3 is 1. The minimum absolute atomic E-state index is 0.287. The van der Waals surface area contributed by atoms with Crippen LogP contribution >= 0.6 is 0 Å². The lowest BCUT2D eigenvalue weighted by atomic mass is 10.0. The Morgan fingerprint density at radius 3 is 2.41 bits per heavy atom. The minimum Gasteiger partial charge on any atom is -0.496 e. The minimum atomic E-state index is -0.287. The van der Waals surface area contributed by atoms with Gasteiger partial charge in [0.05, 0.1) is 12.7 Å². The maximum atomic E-state index is 13.8. The van der Waals surface area contributed by atoms with Crippen molar-refractivity contribution in [3.8, 4) is 16.9 Å². The predicted molar refractivity (Wildman–Crippen MR) is 66.3 cm³/mol. The Hall–Kier alpha value is -1.87. The number of halogens is 1. The fraction of sp³-hybridized carbons (Fsp3) is 0.143. The molecule has 88 valence electrons. The van der Waals surface area contributed by atoms with Crippen molar-refractivity contribution in [2.45, 2.75) is 6.54 Å². The summed E-state index contributed by atoms with van der Waals surface area (Å²) >= 11 is 0. The third kappa shape index (κ3) is 2.29. The lowest BCUT2D eigenvalue weighted by Crippen LogP contribution is -1.96. The molecule has 2 N–H and O–H groups in total. The predicted octanol–water partition coefficient (Wildman–Crippen LogP) is 2.96. The molecule has 2 aromatic carbocycles. The normalized spacial score (nSPS) is 10.3. The van der Waals surface area contributed by atoms with Crippen molar-refractivity contribution in [1.82, 2.24) is 0 Å². The van der Waals surface area contributed by atoms with Crippen LogP contribution in [-0.2, 0) is 6.54 Å². The molecule has 0 bridgehead atoms. The Balaban J connectivity index is 2.51. The topological polar surface area (TPSA) is 35.2 Å². The zero-order valence-electron chi connectivity index (χ0n) is 9.61. The first kappa shape index (κ1) is 11.6. The third-order valence-electron chi connectivity index (χ3n) is 2.67. The van der Waals surface area contributed by atoms with Crippen LogP contribution < -0.4 is 10.5 Å². The lowest BCUT2D eigenvalue weighted by Gasteiger charge is -2.10. The second-order valence-corrected chi connectivity index (χ2v) is 3.72. The summed E-state index contributed by atoms with van der Waals surface area (Å²) < 4.78 is 19.0. The zero-order valence-corrected chi connectivity index (χ0v) is 9.61. The van der Waals surface area contributed by atoms with E-state index >= 15 is 0 Å². The van der Waals surface area contributed by atoms with Crippen molar-refractivity contribution in [2.75, 3.05) is 7.11 Å². The molecule has 2 rings (SSSR count). The van der Waals surface area contributed by atoms with Gasteiger partial charge in [0.2, 0.25) is 0 Å². The van der Waals surface area contributed by atoms with Crippen molar-refractivity contribution in [2.24, 2.45) is 5.73 Å². The fourth-order valence-corrected chi connectivity index (χ4v) is 1.76. The maximum Gasteiger partial charge on any atom is 0.134 e. The molecular weight excluding hydrogens is 217 g/mol. The summed E-state index contributed by atoms with van der Waals surface area (Å²) in [5.41, 5.74) is 7.82. The first-order chi connectivity index (χ1) is 8.26. The molecule has 0 atom stereocenters. The Morgan fingerprint density at radius 1 is 1.12 bits per heavy atom. The third-order valence-corrected chi connectivity index (χ3v) is 2.67. The van der Waals surface area contributed by atoms with Crippen LogP contribution in [0.4, 0.5) is 4.39 Å². The van der Waals surface area contributed by atoms with Crippen LogP contribution in [0, 0.1) is 5.82 Å². The molecule has 0 radical (unpaired) electrons. The fourth-order valence-electron chi connectivity index (χ4n) is 1.76. The van der Waals surface area contributed by atoms with Crippen LogP contribution in [-0.4, -0.2) is 7.11 Å². The highest BCUT2D eigenvalue weighted by atomic mass is 19.1. The van der Waals surface area contributed by atoms with Gasteiger partial charge in [-0.15, -0.1) is 0 Å². The summed E-state index contributed by atoms with van der Waals surface area (Å²) in [6, 6.07) is 12.3. The second kappa shape index (κ2) is 4.97. The number of rotatable bonds is 3.